The number of amides is 1. The minimum atomic E-state index is -0.203. The van der Waals surface area contributed by atoms with Gasteiger partial charge in [-0.05, 0) is 71.8 Å². The highest BCUT2D eigenvalue weighted by molar-refractivity contribution is 5.77. The van der Waals surface area contributed by atoms with Crippen LogP contribution >= 0.6 is 0 Å². The average molecular weight is 347 g/mol. The van der Waals surface area contributed by atoms with Gasteiger partial charge in [0.05, 0.1) is 5.60 Å². The van der Waals surface area contributed by atoms with Crippen LogP contribution in [0.5, 0.6) is 0 Å². The van der Waals surface area contributed by atoms with Crippen LogP contribution in [-0.2, 0) is 14.9 Å². The number of nitrogens with zero attached hydrogens (tertiary/aromatic N) is 1. The van der Waals surface area contributed by atoms with Crippen molar-refractivity contribution in [2.24, 2.45) is 0 Å². The Hall–Kier alpha value is -1.39. The van der Waals surface area contributed by atoms with Crippen LogP contribution in [0.3, 0.4) is 0 Å². The Morgan fingerprint density at radius 3 is 2.64 bits per heavy atom. The number of benzene rings is 1. The molecule has 1 N–H and O–H groups in total. The topological polar surface area (TPSA) is 41.6 Å². The van der Waals surface area contributed by atoms with E-state index >= 15 is 0 Å². The van der Waals surface area contributed by atoms with Crippen molar-refractivity contribution in [3.8, 4) is 0 Å². The lowest BCUT2D eigenvalue weighted by molar-refractivity contribution is -0.126. The molecule has 0 saturated carbocycles. The highest BCUT2D eigenvalue weighted by Crippen LogP contribution is 2.45. The minimum absolute atomic E-state index is 0.140. The molecule has 1 saturated heterocycles. The molecule has 0 radical (unpaired) electrons. The van der Waals surface area contributed by atoms with Crippen molar-refractivity contribution in [3.63, 3.8) is 0 Å². The summed E-state index contributed by atoms with van der Waals surface area (Å²) in [7, 11) is 4.11. The summed E-state index contributed by atoms with van der Waals surface area (Å²) in [6, 6.07) is 8.49. The fourth-order valence-electron chi connectivity index (χ4n) is 4.11. The molecule has 4 heteroatoms. The van der Waals surface area contributed by atoms with Crippen LogP contribution in [0.15, 0.2) is 24.3 Å². The number of hydrogen-bond acceptors (Lipinski definition) is 3. The smallest absolute Gasteiger partial charge is 0.220 e. The molecule has 1 aliphatic heterocycles. The Morgan fingerprint density at radius 2 is 2.00 bits per heavy atom. The van der Waals surface area contributed by atoms with Crippen LogP contribution in [-0.4, -0.2) is 50.2 Å². The van der Waals surface area contributed by atoms with Crippen molar-refractivity contribution in [1.29, 1.82) is 0 Å². The largest absolute Gasteiger partial charge is 0.376 e. The van der Waals surface area contributed by atoms with Crippen LogP contribution in [0, 0.1) is 6.92 Å². The first-order valence-electron chi connectivity index (χ1n) is 9.36. The first-order valence-corrected chi connectivity index (χ1v) is 9.36. The summed E-state index contributed by atoms with van der Waals surface area (Å²) in [6.45, 7) is 8.84. The number of hydrogen-bond donors (Lipinski definition) is 1. The Labute approximate surface area is 152 Å². The molecule has 1 aliphatic rings. The third-order valence-corrected chi connectivity index (χ3v) is 5.16. The zero-order valence-corrected chi connectivity index (χ0v) is 16.5. The number of carbonyl (C=O) groups is 1. The van der Waals surface area contributed by atoms with Crippen LogP contribution in [0.1, 0.15) is 50.7 Å². The summed E-state index contributed by atoms with van der Waals surface area (Å²) in [5, 5.41) is 3.12. The molecule has 2 rings (SSSR count). The van der Waals surface area contributed by atoms with E-state index in [1.54, 1.807) is 0 Å². The number of nitrogens with one attached hydrogen (secondary N) is 1. The van der Waals surface area contributed by atoms with E-state index in [4.69, 9.17) is 4.74 Å². The maximum Gasteiger partial charge on any atom is 0.220 e. The number of aryl methyl sites for hydroxylation is 1. The first-order chi connectivity index (χ1) is 11.7. The maximum atomic E-state index is 12.7. The summed E-state index contributed by atoms with van der Waals surface area (Å²) in [4.78, 5) is 14.8. The van der Waals surface area contributed by atoms with E-state index in [2.05, 4.69) is 69.3 Å². The van der Waals surface area contributed by atoms with Gasteiger partial charge in [0.1, 0.15) is 0 Å². The van der Waals surface area contributed by atoms with Crippen LogP contribution in [0.4, 0.5) is 0 Å². The second-order valence-corrected chi connectivity index (χ2v) is 8.31. The lowest BCUT2D eigenvalue weighted by Crippen LogP contribution is -2.47. The highest BCUT2D eigenvalue weighted by Gasteiger charge is 2.44. The van der Waals surface area contributed by atoms with Gasteiger partial charge in [0.25, 0.3) is 0 Å². The third kappa shape index (κ3) is 5.55. The zero-order chi connectivity index (χ0) is 18.5. The fraction of sp³-hybridized carbons (Fsp3) is 0.667. The highest BCUT2D eigenvalue weighted by atomic mass is 16.5. The van der Waals surface area contributed by atoms with E-state index in [0.29, 0.717) is 13.0 Å². The van der Waals surface area contributed by atoms with Gasteiger partial charge in [0.15, 0.2) is 0 Å². The fourth-order valence-corrected chi connectivity index (χ4v) is 4.11. The van der Waals surface area contributed by atoms with Gasteiger partial charge in [-0.25, -0.2) is 0 Å². The molecule has 4 nitrogen and oxygen atoms in total. The SMILES string of the molecule is Cc1ccccc1[C@@]1(CC(=O)NCCCN(C)C)CCOC(C)(C)C1. The summed E-state index contributed by atoms with van der Waals surface area (Å²) >= 11 is 0. The Balaban J connectivity index is 2.13. The number of rotatable bonds is 7. The Kier molecular flexibility index (Phi) is 6.64. The van der Waals surface area contributed by atoms with Crippen molar-refractivity contribution < 1.29 is 9.53 Å². The maximum absolute atomic E-state index is 12.7. The normalized spacial score (nSPS) is 22.8. The average Bonchev–Trinajstić information content (AvgIpc) is 2.50. The number of ether oxygens (including phenoxy) is 1. The van der Waals surface area contributed by atoms with Gasteiger partial charge in [-0.1, -0.05) is 24.3 Å². The molecule has 0 spiro atoms. The third-order valence-electron chi connectivity index (χ3n) is 5.16. The summed E-state index contributed by atoms with van der Waals surface area (Å²) < 4.78 is 5.95. The molecule has 1 fully saturated rings. The van der Waals surface area contributed by atoms with Crippen molar-refractivity contribution in [1.82, 2.24) is 10.2 Å². The minimum Gasteiger partial charge on any atom is -0.376 e. The van der Waals surface area contributed by atoms with Gasteiger partial charge in [0.2, 0.25) is 5.91 Å². The molecule has 140 valence electrons. The van der Waals surface area contributed by atoms with Gasteiger partial charge >= 0.3 is 0 Å². The Bertz CT molecular complexity index is 583. The predicted molar refractivity (Wildman–Crippen MR) is 103 cm³/mol. The molecule has 1 aromatic rings. The van der Waals surface area contributed by atoms with Gasteiger partial charge in [-0.2, -0.15) is 0 Å². The monoisotopic (exact) mass is 346 g/mol. The van der Waals surface area contributed by atoms with Crippen LogP contribution in [0.2, 0.25) is 0 Å². The van der Waals surface area contributed by atoms with E-state index < -0.39 is 0 Å². The van der Waals surface area contributed by atoms with Gasteiger partial charge < -0.3 is 15.0 Å². The predicted octanol–water partition coefficient (Wildman–Crippen LogP) is 3.28. The molecule has 25 heavy (non-hydrogen) atoms. The van der Waals surface area contributed by atoms with E-state index in [9.17, 15) is 4.79 Å². The summed E-state index contributed by atoms with van der Waals surface area (Å²) in [6.07, 6.45) is 3.28. The first kappa shape index (κ1) is 19.9. The molecule has 1 amide bonds. The standard InChI is InChI=1S/C21H34N2O2/c1-17-9-6-7-10-18(17)21(11-14-25-20(2,3)16-21)15-19(24)22-12-8-13-23(4)5/h6-7,9-10H,8,11-16H2,1-5H3,(H,22,24)/t21-/m1/s1. The molecular formula is C21H34N2O2. The van der Waals surface area contributed by atoms with Crippen molar-refractivity contribution in [3.05, 3.63) is 35.4 Å². The Morgan fingerprint density at radius 1 is 1.28 bits per heavy atom. The van der Waals surface area contributed by atoms with E-state index in [0.717, 1.165) is 32.4 Å². The molecule has 0 bridgehead atoms. The van der Waals surface area contributed by atoms with Gasteiger partial charge in [-0.15, -0.1) is 0 Å². The van der Waals surface area contributed by atoms with Crippen LogP contribution < -0.4 is 5.32 Å². The second kappa shape index (κ2) is 8.33. The lowest BCUT2D eigenvalue weighted by atomic mass is 9.66. The molecule has 1 aromatic carbocycles. The van der Waals surface area contributed by atoms with Crippen molar-refractivity contribution >= 4 is 5.91 Å². The lowest BCUT2D eigenvalue weighted by Gasteiger charge is -2.45. The van der Waals surface area contributed by atoms with E-state index in [1.807, 2.05) is 0 Å². The van der Waals surface area contributed by atoms with Crippen LogP contribution in [0.25, 0.3) is 0 Å². The summed E-state index contributed by atoms with van der Waals surface area (Å²) in [5.41, 5.74) is 2.22. The second-order valence-electron chi connectivity index (χ2n) is 8.31. The van der Waals surface area contributed by atoms with E-state index in [1.165, 1.54) is 11.1 Å². The van der Waals surface area contributed by atoms with Gasteiger partial charge in [0, 0.05) is 25.0 Å². The van der Waals surface area contributed by atoms with Crippen molar-refractivity contribution in [2.75, 3.05) is 33.8 Å². The number of carbonyl (C=O) groups excluding carboxylic acids is 1. The quantitative estimate of drug-likeness (QED) is 0.771. The zero-order valence-electron chi connectivity index (χ0n) is 16.5. The molecule has 0 aliphatic carbocycles. The molecule has 1 atom stereocenters. The molecule has 0 unspecified atom stereocenters. The molecular weight excluding hydrogens is 312 g/mol. The van der Waals surface area contributed by atoms with Gasteiger partial charge in [-0.3, -0.25) is 4.79 Å². The summed E-state index contributed by atoms with van der Waals surface area (Å²) in [5.74, 6) is 0.153. The van der Waals surface area contributed by atoms with E-state index in [-0.39, 0.29) is 16.9 Å². The molecule has 0 aromatic heterocycles. The van der Waals surface area contributed by atoms with Crippen molar-refractivity contribution in [2.45, 2.75) is 57.5 Å². The molecule has 1 heterocycles.